The molecular formula is C23H19N5O2. The largest absolute Gasteiger partial charge is 0.296 e. The maximum atomic E-state index is 13.0. The summed E-state index contributed by atoms with van der Waals surface area (Å²) in [6, 6.07) is 16.2. The molecule has 0 amide bonds. The Morgan fingerprint density at radius 2 is 1.80 bits per heavy atom. The molecule has 7 heteroatoms. The monoisotopic (exact) mass is 397 g/mol. The summed E-state index contributed by atoms with van der Waals surface area (Å²) in [6.07, 6.45) is 3.28. The Hall–Kier alpha value is -4.00. The number of nitrogens with zero attached hydrogens (tertiary/aromatic N) is 4. The van der Waals surface area contributed by atoms with E-state index in [0.29, 0.717) is 22.2 Å². The Morgan fingerprint density at radius 1 is 1.03 bits per heavy atom. The molecule has 30 heavy (non-hydrogen) atoms. The van der Waals surface area contributed by atoms with Crippen LogP contribution in [-0.2, 0) is 0 Å². The Kier molecular flexibility index (Phi) is 4.10. The Bertz CT molecular complexity index is 1510. The van der Waals surface area contributed by atoms with Crippen molar-refractivity contribution in [1.82, 2.24) is 24.1 Å². The molecule has 1 atom stereocenters. The minimum atomic E-state index is -0.451. The van der Waals surface area contributed by atoms with Crippen molar-refractivity contribution in [3.8, 4) is 11.1 Å². The van der Waals surface area contributed by atoms with Crippen molar-refractivity contribution in [3.63, 3.8) is 0 Å². The first kappa shape index (κ1) is 18.1. The van der Waals surface area contributed by atoms with Crippen molar-refractivity contribution < 1.29 is 0 Å². The molecule has 0 aliphatic rings. The fourth-order valence-corrected chi connectivity index (χ4v) is 3.66. The first-order chi connectivity index (χ1) is 14.5. The number of aryl methyl sites for hydroxylation is 1. The summed E-state index contributed by atoms with van der Waals surface area (Å²) in [5, 5.41) is 3.51. The zero-order chi connectivity index (χ0) is 20.8. The van der Waals surface area contributed by atoms with E-state index >= 15 is 0 Å². The Labute approximate surface area is 171 Å². The average Bonchev–Trinajstić information content (AvgIpc) is 3.19. The van der Waals surface area contributed by atoms with Gasteiger partial charge in [0.15, 0.2) is 5.65 Å². The van der Waals surface area contributed by atoms with E-state index in [2.05, 4.69) is 10.1 Å². The first-order valence-electron chi connectivity index (χ1n) is 9.67. The van der Waals surface area contributed by atoms with Crippen LogP contribution in [-0.4, -0.2) is 24.1 Å². The molecule has 0 aliphatic heterocycles. The summed E-state index contributed by atoms with van der Waals surface area (Å²) in [6.45, 7) is 3.87. The number of para-hydroxylation sites is 1. The van der Waals surface area contributed by atoms with Gasteiger partial charge in [-0.3, -0.25) is 19.3 Å². The Balaban J connectivity index is 1.67. The van der Waals surface area contributed by atoms with E-state index in [9.17, 15) is 9.59 Å². The van der Waals surface area contributed by atoms with Crippen LogP contribution in [0.2, 0.25) is 0 Å². The van der Waals surface area contributed by atoms with Crippen LogP contribution in [0.3, 0.4) is 0 Å². The fourth-order valence-electron chi connectivity index (χ4n) is 3.66. The van der Waals surface area contributed by atoms with E-state index in [1.54, 1.807) is 18.3 Å². The minimum absolute atomic E-state index is 0.164. The SMILES string of the molecule is Cc1ccc(-c2c[nH]n3c(=O)cc(C(C)n4cnc5ccccc5c4=O)nc23)cc1. The zero-order valence-corrected chi connectivity index (χ0v) is 16.5. The lowest BCUT2D eigenvalue weighted by molar-refractivity contribution is 0.591. The molecule has 3 heterocycles. The smallest absolute Gasteiger partial charge is 0.272 e. The lowest BCUT2D eigenvalue weighted by Gasteiger charge is -2.15. The van der Waals surface area contributed by atoms with E-state index < -0.39 is 6.04 Å². The predicted octanol–water partition coefficient (Wildman–Crippen LogP) is 3.32. The van der Waals surface area contributed by atoms with Crippen LogP contribution in [0.25, 0.3) is 27.7 Å². The molecule has 0 aliphatic carbocycles. The van der Waals surface area contributed by atoms with Gasteiger partial charge < -0.3 is 0 Å². The number of aromatic amines is 1. The number of aromatic nitrogens is 5. The lowest BCUT2D eigenvalue weighted by atomic mass is 10.1. The van der Waals surface area contributed by atoms with Crippen LogP contribution in [0, 0.1) is 6.92 Å². The van der Waals surface area contributed by atoms with Gasteiger partial charge in [0.2, 0.25) is 0 Å². The number of H-pyrrole nitrogens is 1. The molecule has 148 valence electrons. The highest BCUT2D eigenvalue weighted by Gasteiger charge is 2.17. The molecule has 0 saturated heterocycles. The molecule has 0 spiro atoms. The fraction of sp³-hybridized carbons (Fsp3) is 0.130. The zero-order valence-electron chi connectivity index (χ0n) is 16.5. The van der Waals surface area contributed by atoms with Crippen LogP contribution < -0.4 is 11.1 Å². The highest BCUT2D eigenvalue weighted by atomic mass is 16.1. The van der Waals surface area contributed by atoms with Crippen molar-refractivity contribution >= 4 is 16.6 Å². The van der Waals surface area contributed by atoms with Crippen molar-refractivity contribution in [3.05, 3.63) is 99.1 Å². The number of rotatable bonds is 3. The third-order valence-corrected chi connectivity index (χ3v) is 5.42. The van der Waals surface area contributed by atoms with Gasteiger partial charge in [0.1, 0.15) is 0 Å². The molecule has 5 aromatic rings. The van der Waals surface area contributed by atoms with Crippen LogP contribution in [0.4, 0.5) is 0 Å². The number of hydrogen-bond donors (Lipinski definition) is 1. The third-order valence-electron chi connectivity index (χ3n) is 5.42. The van der Waals surface area contributed by atoms with Gasteiger partial charge in [-0.25, -0.2) is 14.5 Å². The van der Waals surface area contributed by atoms with Crippen molar-refractivity contribution in [2.24, 2.45) is 0 Å². The second kappa shape index (κ2) is 6.81. The van der Waals surface area contributed by atoms with Gasteiger partial charge in [-0.2, -0.15) is 0 Å². The maximum absolute atomic E-state index is 13.0. The number of nitrogens with one attached hydrogen (secondary N) is 1. The third kappa shape index (κ3) is 2.83. The van der Waals surface area contributed by atoms with Crippen molar-refractivity contribution in [1.29, 1.82) is 0 Å². The van der Waals surface area contributed by atoms with Gasteiger partial charge in [0.25, 0.3) is 11.1 Å². The molecule has 0 radical (unpaired) electrons. The molecule has 5 rings (SSSR count). The topological polar surface area (TPSA) is 85.0 Å². The van der Waals surface area contributed by atoms with E-state index in [4.69, 9.17) is 4.98 Å². The highest BCUT2D eigenvalue weighted by Crippen LogP contribution is 2.24. The van der Waals surface area contributed by atoms with Gasteiger partial charge in [0.05, 0.1) is 29.0 Å². The molecular weight excluding hydrogens is 378 g/mol. The predicted molar refractivity (Wildman–Crippen MR) is 116 cm³/mol. The molecule has 0 saturated carbocycles. The molecule has 3 aromatic heterocycles. The van der Waals surface area contributed by atoms with Crippen LogP contribution in [0.5, 0.6) is 0 Å². The highest BCUT2D eigenvalue weighted by molar-refractivity contribution is 5.78. The second-order valence-corrected chi connectivity index (χ2v) is 7.38. The molecule has 0 bridgehead atoms. The molecule has 7 nitrogen and oxygen atoms in total. The van der Waals surface area contributed by atoms with E-state index in [0.717, 1.165) is 16.7 Å². The van der Waals surface area contributed by atoms with Crippen molar-refractivity contribution in [2.75, 3.05) is 0 Å². The summed E-state index contributed by atoms with van der Waals surface area (Å²) >= 11 is 0. The number of hydrogen-bond acceptors (Lipinski definition) is 4. The Morgan fingerprint density at radius 3 is 2.60 bits per heavy atom. The maximum Gasteiger partial charge on any atom is 0.272 e. The summed E-state index contributed by atoms with van der Waals surface area (Å²) < 4.78 is 2.92. The molecule has 0 fully saturated rings. The summed E-state index contributed by atoms with van der Waals surface area (Å²) in [4.78, 5) is 34.8. The van der Waals surface area contributed by atoms with Gasteiger partial charge >= 0.3 is 0 Å². The summed E-state index contributed by atoms with van der Waals surface area (Å²) in [5.74, 6) is 0. The van der Waals surface area contributed by atoms with Gasteiger partial charge in [-0.15, -0.1) is 0 Å². The first-order valence-corrected chi connectivity index (χ1v) is 9.67. The standard InChI is InChI=1S/C23H19N5O2/c1-14-7-9-16(10-8-14)18-12-25-28-21(29)11-20(26-22(18)28)15(2)27-13-24-19-6-4-3-5-17(19)23(27)30/h3-13,15,25H,1-2H3. The second-order valence-electron chi connectivity index (χ2n) is 7.38. The number of benzene rings is 2. The quantitative estimate of drug-likeness (QED) is 0.506. The van der Waals surface area contributed by atoms with Crippen molar-refractivity contribution in [2.45, 2.75) is 19.9 Å². The van der Waals surface area contributed by atoms with Crippen LogP contribution in [0.15, 0.2) is 76.7 Å². The van der Waals surface area contributed by atoms with Gasteiger partial charge in [-0.1, -0.05) is 42.0 Å². The lowest BCUT2D eigenvalue weighted by Crippen LogP contribution is -2.26. The van der Waals surface area contributed by atoms with Crippen LogP contribution >= 0.6 is 0 Å². The van der Waals surface area contributed by atoms with Crippen LogP contribution in [0.1, 0.15) is 24.2 Å². The molecule has 1 unspecified atom stereocenters. The van der Waals surface area contributed by atoms with E-state index in [1.165, 1.54) is 21.5 Å². The molecule has 2 aromatic carbocycles. The molecule has 1 N–H and O–H groups in total. The summed E-state index contributed by atoms with van der Waals surface area (Å²) in [5.41, 5.74) is 4.21. The summed E-state index contributed by atoms with van der Waals surface area (Å²) in [7, 11) is 0. The normalized spacial score (nSPS) is 12.5. The van der Waals surface area contributed by atoms with Gasteiger partial charge in [0, 0.05) is 17.8 Å². The van der Waals surface area contributed by atoms with Gasteiger partial charge in [-0.05, 0) is 31.5 Å². The minimum Gasteiger partial charge on any atom is -0.296 e. The average molecular weight is 397 g/mol. The van der Waals surface area contributed by atoms with E-state index in [-0.39, 0.29) is 11.1 Å². The van der Waals surface area contributed by atoms with E-state index in [1.807, 2.05) is 50.2 Å². The number of fused-ring (bicyclic) bond motifs is 2.